The van der Waals surface area contributed by atoms with Crippen LogP contribution in [-0.4, -0.2) is 18.1 Å². The number of benzene rings is 2. The van der Waals surface area contributed by atoms with Crippen LogP contribution >= 0.6 is 11.6 Å². The zero-order chi connectivity index (χ0) is 14.3. The monoisotopic (exact) mass is 288 g/mol. The van der Waals surface area contributed by atoms with E-state index in [1.54, 1.807) is 12.1 Å². The van der Waals surface area contributed by atoms with Gasteiger partial charge in [-0.2, -0.15) is 0 Å². The Morgan fingerprint density at radius 1 is 1.15 bits per heavy atom. The van der Waals surface area contributed by atoms with Gasteiger partial charge in [-0.3, -0.25) is 9.59 Å². The molecule has 0 amide bonds. The van der Waals surface area contributed by atoms with Gasteiger partial charge in [0, 0.05) is 16.3 Å². The van der Waals surface area contributed by atoms with Crippen molar-refractivity contribution < 1.29 is 18.7 Å². The molecule has 0 aliphatic heterocycles. The standard InChI is InChI=1S/C15H9ClO4/c1-19-11-7-6-9(13(17)15(16)18)12-8-4-2-3-5-10(8)20-14(11)12/h2-7H,1H3. The molecule has 100 valence electrons. The van der Waals surface area contributed by atoms with Gasteiger partial charge < -0.3 is 9.15 Å². The van der Waals surface area contributed by atoms with Crippen LogP contribution in [0, 0.1) is 0 Å². The van der Waals surface area contributed by atoms with Crippen LogP contribution in [0.1, 0.15) is 10.4 Å². The third-order valence-electron chi connectivity index (χ3n) is 3.13. The summed E-state index contributed by atoms with van der Waals surface area (Å²) in [7, 11) is 1.51. The Balaban J connectivity index is 2.48. The first kappa shape index (κ1) is 12.7. The number of fused-ring (bicyclic) bond motifs is 3. The summed E-state index contributed by atoms with van der Waals surface area (Å²) in [6.45, 7) is 0. The molecule has 2 aromatic carbocycles. The molecule has 0 saturated carbocycles. The van der Waals surface area contributed by atoms with Crippen LogP contribution in [-0.2, 0) is 4.79 Å². The summed E-state index contributed by atoms with van der Waals surface area (Å²) in [5, 5.41) is 0.253. The predicted molar refractivity (Wildman–Crippen MR) is 75.5 cm³/mol. The van der Waals surface area contributed by atoms with Crippen molar-refractivity contribution in [1.29, 1.82) is 0 Å². The van der Waals surface area contributed by atoms with Gasteiger partial charge in [0.2, 0.25) is 5.78 Å². The number of para-hydroxylation sites is 1. The first-order chi connectivity index (χ1) is 9.63. The minimum atomic E-state index is -1.03. The topological polar surface area (TPSA) is 56.5 Å². The highest BCUT2D eigenvalue weighted by molar-refractivity contribution is 6.83. The number of hydrogen-bond donors (Lipinski definition) is 0. The molecule has 1 heterocycles. The normalized spacial score (nSPS) is 10.9. The molecule has 5 heteroatoms. The van der Waals surface area contributed by atoms with Gasteiger partial charge in [-0.15, -0.1) is 0 Å². The predicted octanol–water partition coefficient (Wildman–Crippen LogP) is 3.54. The van der Waals surface area contributed by atoms with Crippen LogP contribution in [0.5, 0.6) is 5.75 Å². The molecule has 0 radical (unpaired) electrons. The molecule has 20 heavy (non-hydrogen) atoms. The van der Waals surface area contributed by atoms with Crippen molar-refractivity contribution in [2.75, 3.05) is 7.11 Å². The molecular formula is C15H9ClO4. The number of methoxy groups -OCH3 is 1. The van der Waals surface area contributed by atoms with Crippen molar-refractivity contribution in [3.63, 3.8) is 0 Å². The molecule has 3 rings (SSSR count). The van der Waals surface area contributed by atoms with Crippen molar-refractivity contribution in [2.45, 2.75) is 0 Å². The molecule has 4 nitrogen and oxygen atoms in total. The highest BCUT2D eigenvalue weighted by atomic mass is 35.5. The van der Waals surface area contributed by atoms with E-state index in [4.69, 9.17) is 20.8 Å². The molecule has 0 unspecified atom stereocenters. The molecule has 0 bridgehead atoms. The van der Waals surface area contributed by atoms with E-state index < -0.39 is 11.0 Å². The van der Waals surface area contributed by atoms with Gasteiger partial charge in [0.25, 0.3) is 5.24 Å². The number of Topliss-reactive ketones (excluding diaryl/α,β-unsaturated/α-hetero) is 1. The van der Waals surface area contributed by atoms with Gasteiger partial charge in [-0.1, -0.05) is 18.2 Å². The zero-order valence-corrected chi connectivity index (χ0v) is 11.2. The third kappa shape index (κ3) is 1.77. The number of hydrogen-bond acceptors (Lipinski definition) is 4. The molecule has 0 aliphatic rings. The zero-order valence-electron chi connectivity index (χ0n) is 10.5. The van der Waals surface area contributed by atoms with Gasteiger partial charge in [0.05, 0.1) is 7.11 Å². The number of carbonyl (C=O) groups excluding carboxylic acids is 2. The maximum atomic E-state index is 11.9. The fraction of sp³-hybridized carbons (Fsp3) is 0.0667. The Labute approximate surface area is 118 Å². The Morgan fingerprint density at radius 3 is 2.60 bits per heavy atom. The van der Waals surface area contributed by atoms with E-state index in [0.29, 0.717) is 22.3 Å². The number of ketones is 1. The summed E-state index contributed by atoms with van der Waals surface area (Å²) in [4.78, 5) is 23.1. The molecular weight excluding hydrogens is 280 g/mol. The van der Waals surface area contributed by atoms with Gasteiger partial charge >= 0.3 is 0 Å². The van der Waals surface area contributed by atoms with Gasteiger partial charge in [0.15, 0.2) is 11.3 Å². The van der Waals surface area contributed by atoms with E-state index in [1.807, 2.05) is 18.2 Å². The van der Waals surface area contributed by atoms with E-state index in [2.05, 4.69) is 0 Å². The van der Waals surface area contributed by atoms with Crippen LogP contribution in [0.3, 0.4) is 0 Å². The second-order valence-corrected chi connectivity index (χ2v) is 4.56. The minimum Gasteiger partial charge on any atom is -0.493 e. The Kier molecular flexibility index (Phi) is 2.95. The highest BCUT2D eigenvalue weighted by Crippen LogP contribution is 2.37. The Morgan fingerprint density at radius 2 is 1.90 bits per heavy atom. The first-order valence-corrected chi connectivity index (χ1v) is 6.23. The summed E-state index contributed by atoms with van der Waals surface area (Å²) in [5.41, 5.74) is 1.26. The van der Waals surface area contributed by atoms with Crippen molar-refractivity contribution in [3.05, 3.63) is 42.0 Å². The quantitative estimate of drug-likeness (QED) is 0.420. The minimum absolute atomic E-state index is 0.214. The fourth-order valence-corrected chi connectivity index (χ4v) is 2.36. The Hall–Kier alpha value is -2.33. The van der Waals surface area contributed by atoms with Crippen LogP contribution in [0.2, 0.25) is 0 Å². The number of carbonyl (C=O) groups is 2. The van der Waals surface area contributed by atoms with Crippen LogP contribution in [0.25, 0.3) is 21.9 Å². The second-order valence-electron chi connectivity index (χ2n) is 4.22. The molecule has 0 N–H and O–H groups in total. The lowest BCUT2D eigenvalue weighted by Crippen LogP contribution is -2.07. The van der Waals surface area contributed by atoms with Crippen molar-refractivity contribution >= 4 is 44.6 Å². The summed E-state index contributed by atoms with van der Waals surface area (Å²) in [5.74, 6) is -0.263. The highest BCUT2D eigenvalue weighted by Gasteiger charge is 2.22. The van der Waals surface area contributed by atoms with Crippen LogP contribution < -0.4 is 4.74 Å². The third-order valence-corrected chi connectivity index (χ3v) is 3.30. The van der Waals surface area contributed by atoms with Gasteiger partial charge in [-0.05, 0) is 29.8 Å². The van der Waals surface area contributed by atoms with Crippen LogP contribution in [0.15, 0.2) is 40.8 Å². The SMILES string of the molecule is COc1ccc(C(=O)C(=O)Cl)c2c1oc1ccccc12. The number of ether oxygens (including phenoxy) is 1. The fourth-order valence-electron chi connectivity index (χ4n) is 2.26. The van der Waals surface area contributed by atoms with Crippen LogP contribution in [0.4, 0.5) is 0 Å². The number of furan rings is 1. The van der Waals surface area contributed by atoms with Crippen molar-refractivity contribution in [2.24, 2.45) is 0 Å². The van der Waals surface area contributed by atoms with E-state index in [9.17, 15) is 9.59 Å². The lowest BCUT2D eigenvalue weighted by atomic mass is 10.0. The average Bonchev–Trinajstić information content (AvgIpc) is 2.85. The van der Waals surface area contributed by atoms with Crippen molar-refractivity contribution in [3.8, 4) is 5.75 Å². The molecule has 0 atom stereocenters. The Bertz CT molecular complexity index is 848. The lowest BCUT2D eigenvalue weighted by molar-refractivity contribution is -0.108. The molecule has 0 fully saturated rings. The summed E-state index contributed by atoms with van der Waals surface area (Å²) < 4.78 is 10.9. The molecule has 0 spiro atoms. The summed E-state index contributed by atoms with van der Waals surface area (Å²) >= 11 is 5.30. The molecule has 1 aromatic heterocycles. The smallest absolute Gasteiger partial charge is 0.293 e. The number of halogens is 1. The first-order valence-electron chi connectivity index (χ1n) is 5.86. The maximum Gasteiger partial charge on any atom is 0.293 e. The number of rotatable bonds is 3. The molecule has 0 saturated heterocycles. The van der Waals surface area contributed by atoms with Crippen molar-refractivity contribution in [1.82, 2.24) is 0 Å². The largest absolute Gasteiger partial charge is 0.493 e. The van der Waals surface area contributed by atoms with E-state index in [0.717, 1.165) is 5.39 Å². The van der Waals surface area contributed by atoms with E-state index in [-0.39, 0.29) is 5.56 Å². The summed E-state index contributed by atoms with van der Waals surface area (Å²) in [6.07, 6.45) is 0. The molecule has 3 aromatic rings. The van der Waals surface area contributed by atoms with E-state index >= 15 is 0 Å². The van der Waals surface area contributed by atoms with E-state index in [1.165, 1.54) is 13.2 Å². The summed E-state index contributed by atoms with van der Waals surface area (Å²) in [6, 6.07) is 10.4. The molecule has 0 aliphatic carbocycles. The van der Waals surface area contributed by atoms with Gasteiger partial charge in [0.1, 0.15) is 5.58 Å². The second kappa shape index (κ2) is 4.65. The average molecular weight is 289 g/mol. The maximum absolute atomic E-state index is 11.9. The lowest BCUT2D eigenvalue weighted by Gasteiger charge is -2.03. The van der Waals surface area contributed by atoms with Gasteiger partial charge in [-0.25, -0.2) is 0 Å².